The van der Waals surface area contributed by atoms with Crippen LogP contribution >= 0.6 is 11.3 Å². The Bertz CT molecular complexity index is 522. The lowest BCUT2D eigenvalue weighted by Gasteiger charge is -2.15. The lowest BCUT2D eigenvalue weighted by Crippen LogP contribution is -2.36. The first-order valence-electron chi connectivity index (χ1n) is 5.40. The molecule has 0 aromatic carbocycles. The minimum Gasteiger partial charge on any atom is -0.478 e. The van der Waals surface area contributed by atoms with E-state index in [4.69, 9.17) is 5.11 Å². The number of carboxylic acid groups (broad SMARTS) is 1. The third kappa shape index (κ3) is 4.22. The fourth-order valence-corrected chi connectivity index (χ4v) is 2.20. The summed E-state index contributed by atoms with van der Waals surface area (Å²) < 4.78 is 0. The van der Waals surface area contributed by atoms with Gasteiger partial charge in [0, 0.05) is 20.2 Å². The lowest BCUT2D eigenvalue weighted by molar-refractivity contribution is -0.131. The Morgan fingerprint density at radius 1 is 1.47 bits per heavy atom. The smallest absolute Gasteiger partial charge is 0.328 e. The van der Waals surface area contributed by atoms with Crippen LogP contribution in [0.15, 0.2) is 17.5 Å². The number of carbonyl (C=O) groups is 3. The first-order valence-corrected chi connectivity index (χ1v) is 6.28. The Labute approximate surface area is 114 Å². The number of carbonyl (C=O) groups excluding carboxylic acids is 2. The summed E-state index contributed by atoms with van der Waals surface area (Å²) in [7, 11) is 3.01. The molecule has 0 aliphatic rings. The average Bonchev–Trinajstić information content (AvgIpc) is 2.83. The predicted octanol–water partition coefficient (Wildman–Crippen LogP) is 0.664. The Morgan fingerprint density at radius 3 is 2.74 bits per heavy atom. The largest absolute Gasteiger partial charge is 0.478 e. The van der Waals surface area contributed by atoms with E-state index in [9.17, 15) is 14.4 Å². The molecule has 1 rings (SSSR count). The molecule has 1 aromatic heterocycles. The van der Waals surface area contributed by atoms with Gasteiger partial charge in [-0.1, -0.05) is 0 Å². The molecule has 6 nitrogen and oxygen atoms in total. The van der Waals surface area contributed by atoms with Crippen molar-refractivity contribution >= 4 is 35.2 Å². The van der Waals surface area contributed by atoms with Gasteiger partial charge in [0.2, 0.25) is 5.91 Å². The topological polar surface area (TPSA) is 86.7 Å². The average molecular weight is 282 g/mol. The van der Waals surface area contributed by atoms with Gasteiger partial charge in [-0.2, -0.15) is 0 Å². The molecule has 0 saturated carbocycles. The molecule has 0 atom stereocenters. The number of amides is 2. The van der Waals surface area contributed by atoms with Crippen LogP contribution in [0, 0.1) is 0 Å². The van der Waals surface area contributed by atoms with E-state index in [1.807, 2.05) is 0 Å². The number of aliphatic carboxylic acids is 1. The van der Waals surface area contributed by atoms with Crippen LogP contribution in [0.1, 0.15) is 15.2 Å². The van der Waals surface area contributed by atoms with Gasteiger partial charge in [0.15, 0.2) is 0 Å². The zero-order valence-corrected chi connectivity index (χ0v) is 11.4. The fourth-order valence-electron chi connectivity index (χ4n) is 1.32. The number of likely N-dealkylation sites (N-methyl/N-ethyl adjacent to an activating group) is 2. The van der Waals surface area contributed by atoms with Gasteiger partial charge < -0.3 is 15.3 Å². The molecule has 0 bridgehead atoms. The van der Waals surface area contributed by atoms with Crippen LogP contribution in [0.3, 0.4) is 0 Å². The second-order valence-corrected chi connectivity index (χ2v) is 4.63. The summed E-state index contributed by atoms with van der Waals surface area (Å²) >= 11 is 1.21. The van der Waals surface area contributed by atoms with E-state index in [0.29, 0.717) is 10.4 Å². The second-order valence-electron chi connectivity index (χ2n) is 3.71. The second kappa shape index (κ2) is 6.69. The predicted molar refractivity (Wildman–Crippen MR) is 72.0 cm³/mol. The molecule has 19 heavy (non-hydrogen) atoms. The molecule has 0 fully saturated rings. The van der Waals surface area contributed by atoms with Crippen molar-refractivity contribution in [2.24, 2.45) is 0 Å². The van der Waals surface area contributed by atoms with Gasteiger partial charge in [0.25, 0.3) is 5.91 Å². The van der Waals surface area contributed by atoms with E-state index in [1.54, 1.807) is 11.4 Å². The number of nitrogens with one attached hydrogen (secondary N) is 1. The highest BCUT2D eigenvalue weighted by molar-refractivity contribution is 7.12. The van der Waals surface area contributed by atoms with Gasteiger partial charge in [0.1, 0.15) is 0 Å². The maximum atomic E-state index is 12.1. The molecular formula is C12H14N2O4S. The summed E-state index contributed by atoms with van der Waals surface area (Å²) in [5.74, 6) is -1.66. The van der Waals surface area contributed by atoms with Gasteiger partial charge in [0.05, 0.1) is 11.4 Å². The van der Waals surface area contributed by atoms with Gasteiger partial charge in [-0.05, 0) is 23.1 Å². The lowest BCUT2D eigenvalue weighted by atomic mass is 10.2. The molecule has 0 spiro atoms. The maximum absolute atomic E-state index is 12.1. The van der Waals surface area contributed by atoms with Crippen LogP contribution in [0.5, 0.6) is 0 Å². The molecule has 0 radical (unpaired) electrons. The van der Waals surface area contributed by atoms with Crippen LogP contribution in [0.4, 0.5) is 0 Å². The molecule has 102 valence electrons. The molecule has 0 aliphatic heterocycles. The monoisotopic (exact) mass is 282 g/mol. The summed E-state index contributed by atoms with van der Waals surface area (Å²) in [4.78, 5) is 35.4. The summed E-state index contributed by atoms with van der Waals surface area (Å²) in [6, 6.07) is 1.66. The summed E-state index contributed by atoms with van der Waals surface area (Å²) in [5, 5.41) is 12.7. The number of hydrogen-bond acceptors (Lipinski definition) is 4. The third-order valence-electron chi connectivity index (χ3n) is 2.30. The summed E-state index contributed by atoms with van der Waals surface area (Å²) in [5.41, 5.74) is 0.529. The van der Waals surface area contributed by atoms with Crippen molar-refractivity contribution in [1.29, 1.82) is 0 Å². The van der Waals surface area contributed by atoms with Gasteiger partial charge >= 0.3 is 5.97 Å². The van der Waals surface area contributed by atoms with E-state index >= 15 is 0 Å². The van der Waals surface area contributed by atoms with E-state index in [2.05, 4.69) is 5.32 Å². The standard InChI is InChI=1S/C12H14N2O4S/c1-13-9(15)7-14(2)12(18)11-8(5-6-19-11)3-4-10(16)17/h3-6H,7H2,1-2H3,(H,13,15)(H,16,17). The Morgan fingerprint density at radius 2 is 2.16 bits per heavy atom. The highest BCUT2D eigenvalue weighted by atomic mass is 32.1. The van der Waals surface area contributed by atoms with Crippen molar-refractivity contribution in [2.45, 2.75) is 0 Å². The van der Waals surface area contributed by atoms with Crippen molar-refractivity contribution in [1.82, 2.24) is 10.2 Å². The van der Waals surface area contributed by atoms with E-state index in [-0.39, 0.29) is 18.4 Å². The first-order chi connectivity index (χ1) is 8.95. The van der Waals surface area contributed by atoms with E-state index in [1.165, 1.54) is 36.4 Å². The SMILES string of the molecule is CNC(=O)CN(C)C(=O)c1sccc1C=CC(=O)O. The number of nitrogens with zero attached hydrogens (tertiary/aromatic N) is 1. The summed E-state index contributed by atoms with van der Waals surface area (Å²) in [6.45, 7) is -0.0463. The maximum Gasteiger partial charge on any atom is 0.328 e. The van der Waals surface area contributed by atoms with Crippen molar-refractivity contribution in [3.05, 3.63) is 28.0 Å². The quantitative estimate of drug-likeness (QED) is 0.777. The van der Waals surface area contributed by atoms with Crippen molar-refractivity contribution in [3.63, 3.8) is 0 Å². The molecular weight excluding hydrogens is 268 g/mol. The molecule has 2 amide bonds. The highest BCUT2D eigenvalue weighted by Gasteiger charge is 2.18. The molecule has 1 heterocycles. The van der Waals surface area contributed by atoms with E-state index in [0.717, 1.165) is 6.08 Å². The normalized spacial score (nSPS) is 10.4. The molecule has 2 N–H and O–H groups in total. The van der Waals surface area contributed by atoms with Crippen LogP contribution in [0.2, 0.25) is 0 Å². The Balaban J connectivity index is 2.85. The first kappa shape index (κ1) is 14.9. The van der Waals surface area contributed by atoms with Gasteiger partial charge in [-0.15, -0.1) is 11.3 Å². The Kier molecular flexibility index (Phi) is 5.25. The van der Waals surface area contributed by atoms with E-state index < -0.39 is 5.97 Å². The van der Waals surface area contributed by atoms with Crippen LogP contribution in [0.25, 0.3) is 6.08 Å². The molecule has 0 aliphatic carbocycles. The molecule has 7 heteroatoms. The number of carboxylic acids is 1. The van der Waals surface area contributed by atoms with Gasteiger partial charge in [-0.3, -0.25) is 9.59 Å². The Hall–Kier alpha value is -2.15. The van der Waals surface area contributed by atoms with Crippen molar-refractivity contribution < 1.29 is 19.5 Å². The number of thiophene rings is 1. The van der Waals surface area contributed by atoms with Gasteiger partial charge in [-0.25, -0.2) is 4.79 Å². The number of rotatable bonds is 5. The fraction of sp³-hybridized carbons (Fsp3) is 0.250. The van der Waals surface area contributed by atoms with Crippen LogP contribution < -0.4 is 5.32 Å². The van der Waals surface area contributed by atoms with Crippen LogP contribution in [-0.2, 0) is 9.59 Å². The minimum atomic E-state index is -1.08. The summed E-state index contributed by atoms with van der Waals surface area (Å²) in [6.07, 6.45) is 2.33. The zero-order valence-electron chi connectivity index (χ0n) is 10.5. The zero-order chi connectivity index (χ0) is 14.4. The molecule has 0 saturated heterocycles. The molecule has 0 unspecified atom stereocenters. The molecule has 1 aromatic rings. The minimum absolute atomic E-state index is 0.0463. The third-order valence-corrected chi connectivity index (χ3v) is 3.22. The highest BCUT2D eigenvalue weighted by Crippen LogP contribution is 2.20. The van der Waals surface area contributed by atoms with Crippen molar-refractivity contribution in [2.75, 3.05) is 20.6 Å². The number of hydrogen-bond donors (Lipinski definition) is 2. The van der Waals surface area contributed by atoms with Crippen molar-refractivity contribution in [3.8, 4) is 0 Å². The van der Waals surface area contributed by atoms with Crippen LogP contribution in [-0.4, -0.2) is 48.4 Å².